The Morgan fingerprint density at radius 3 is 2.63 bits per heavy atom. The van der Waals surface area contributed by atoms with Gasteiger partial charge in [0.1, 0.15) is 12.2 Å². The molecule has 3 amide bonds. The molecule has 3 atom stereocenters. The standard InChI is InChI=1S/C44H48F3N11O5/c1-54-39-26(4-2-6-31(39)37(52-54)32-11-12-36(59)50-43(32)60)5-3-17-62-29-13-15-55(16-14-29)20-25-7-9-27(10-8-25)57-23-35(38(53-57)40(46)47)49-44(61)33-19-48-58-22-34(45)42(51-41(33)58)56-21-30-18-28(56)24-63-30/h2,4,6,19,22-23,25,27-30,32,40H,7-18,20-21,24H2,1H3,(H,49,61)(H,50,59,60)/t25-,27-,28-,30-,32?/m1/s1. The van der Waals surface area contributed by atoms with Crippen LogP contribution >= 0.6 is 0 Å². The second-order valence-electron chi connectivity index (χ2n) is 17.4. The van der Waals surface area contributed by atoms with Crippen molar-refractivity contribution in [3.05, 3.63) is 65.1 Å². The Hall–Kier alpha value is -5.84. The fraction of sp³-hybridized carbons (Fsp3) is 0.523. The number of carbonyl (C=O) groups is 3. The average molecular weight is 868 g/mol. The van der Waals surface area contributed by atoms with E-state index in [1.54, 1.807) is 9.36 Å². The number of aryl methyl sites for hydroxylation is 1. The van der Waals surface area contributed by atoms with Crippen molar-refractivity contribution in [3.63, 3.8) is 0 Å². The van der Waals surface area contributed by atoms with Gasteiger partial charge in [0.15, 0.2) is 23.0 Å². The molecule has 330 valence electrons. The van der Waals surface area contributed by atoms with E-state index in [1.165, 1.54) is 23.1 Å². The lowest BCUT2D eigenvalue weighted by atomic mass is 9.85. The van der Waals surface area contributed by atoms with E-state index in [9.17, 15) is 23.2 Å². The lowest BCUT2D eigenvalue weighted by molar-refractivity contribution is -0.134. The summed E-state index contributed by atoms with van der Waals surface area (Å²) in [7, 11) is 1.83. The van der Waals surface area contributed by atoms with Gasteiger partial charge in [-0.2, -0.15) is 15.3 Å². The highest BCUT2D eigenvalue weighted by Crippen LogP contribution is 2.37. The number of fused-ring (bicyclic) bond motifs is 4. The van der Waals surface area contributed by atoms with E-state index in [1.807, 2.05) is 30.1 Å². The van der Waals surface area contributed by atoms with Crippen molar-refractivity contribution in [1.29, 1.82) is 0 Å². The van der Waals surface area contributed by atoms with Crippen molar-refractivity contribution in [2.75, 3.05) is 49.6 Å². The molecule has 1 saturated carbocycles. The number of likely N-dealkylation sites (tertiary alicyclic amines) is 1. The van der Waals surface area contributed by atoms with Gasteiger partial charge in [-0.1, -0.05) is 24.0 Å². The summed E-state index contributed by atoms with van der Waals surface area (Å²) in [4.78, 5) is 46.6. The summed E-state index contributed by atoms with van der Waals surface area (Å²) in [5.74, 6) is 4.69. The van der Waals surface area contributed by atoms with Gasteiger partial charge in [-0.15, -0.1) is 0 Å². The van der Waals surface area contributed by atoms with E-state index in [0.29, 0.717) is 37.8 Å². The molecule has 1 unspecified atom stereocenters. The minimum absolute atomic E-state index is 0.000418. The zero-order valence-electron chi connectivity index (χ0n) is 34.8. The van der Waals surface area contributed by atoms with Crippen molar-refractivity contribution in [3.8, 4) is 11.8 Å². The number of amides is 3. The number of rotatable bonds is 10. The number of hydrogen-bond acceptors (Lipinski definition) is 11. The maximum absolute atomic E-state index is 15.1. The van der Waals surface area contributed by atoms with Crippen LogP contribution < -0.4 is 15.5 Å². The average Bonchev–Trinajstić information content (AvgIpc) is 4.13. The zero-order chi connectivity index (χ0) is 43.4. The Labute approximate surface area is 360 Å². The Balaban J connectivity index is 0.700. The van der Waals surface area contributed by atoms with Crippen molar-refractivity contribution in [2.24, 2.45) is 13.0 Å². The minimum atomic E-state index is -2.91. The van der Waals surface area contributed by atoms with E-state index >= 15 is 4.39 Å². The predicted octanol–water partition coefficient (Wildman–Crippen LogP) is 4.90. The Morgan fingerprint density at radius 1 is 1.06 bits per heavy atom. The summed E-state index contributed by atoms with van der Waals surface area (Å²) in [6.45, 7) is 4.08. The number of aromatic nitrogens is 7. The molecular weight excluding hydrogens is 820 g/mol. The molecule has 4 aliphatic heterocycles. The Bertz CT molecular complexity index is 2630. The molecule has 10 rings (SSSR count). The molecule has 4 saturated heterocycles. The van der Waals surface area contributed by atoms with Crippen LogP contribution in [0.2, 0.25) is 0 Å². The molecule has 63 heavy (non-hydrogen) atoms. The van der Waals surface area contributed by atoms with Crippen LogP contribution in [0.25, 0.3) is 16.6 Å². The molecule has 2 bridgehead atoms. The number of carbonyl (C=O) groups excluding carboxylic acids is 3. The molecule has 4 aromatic heterocycles. The van der Waals surface area contributed by atoms with Crippen LogP contribution in [-0.4, -0.2) is 114 Å². The third kappa shape index (κ3) is 8.15. The molecule has 0 radical (unpaired) electrons. The summed E-state index contributed by atoms with van der Waals surface area (Å²) in [5, 5.41) is 18.9. The first-order valence-corrected chi connectivity index (χ1v) is 21.8. The number of para-hydroxylation sites is 1. The Kier molecular flexibility index (Phi) is 11.1. The first kappa shape index (κ1) is 41.2. The number of hydrogen-bond donors (Lipinski definition) is 2. The van der Waals surface area contributed by atoms with Gasteiger partial charge in [-0.05, 0) is 63.4 Å². The van der Waals surface area contributed by atoms with Crippen LogP contribution in [-0.2, 0) is 26.1 Å². The second-order valence-corrected chi connectivity index (χ2v) is 17.4. The summed E-state index contributed by atoms with van der Waals surface area (Å²) in [5.41, 5.74) is 1.89. The normalized spacial score (nSPS) is 24.4. The van der Waals surface area contributed by atoms with Gasteiger partial charge in [0.2, 0.25) is 11.8 Å². The quantitative estimate of drug-likeness (QED) is 0.145. The highest BCUT2D eigenvalue weighted by Gasteiger charge is 2.41. The number of ether oxygens (including phenoxy) is 2. The Morgan fingerprint density at radius 2 is 1.89 bits per heavy atom. The van der Waals surface area contributed by atoms with Crippen LogP contribution in [0.3, 0.4) is 0 Å². The van der Waals surface area contributed by atoms with E-state index in [4.69, 9.17) is 9.47 Å². The van der Waals surface area contributed by atoms with Crippen LogP contribution in [0.4, 0.5) is 24.7 Å². The third-order valence-corrected chi connectivity index (χ3v) is 13.4. The maximum Gasteiger partial charge on any atom is 0.284 e. The molecule has 1 aliphatic carbocycles. The van der Waals surface area contributed by atoms with Gasteiger partial charge >= 0.3 is 0 Å². The smallest absolute Gasteiger partial charge is 0.284 e. The lowest BCUT2D eigenvalue weighted by Crippen LogP contribution is -2.40. The molecule has 0 spiro atoms. The predicted molar refractivity (Wildman–Crippen MR) is 223 cm³/mol. The first-order valence-electron chi connectivity index (χ1n) is 21.8. The summed E-state index contributed by atoms with van der Waals surface area (Å²) >= 11 is 0. The number of anilines is 2. The zero-order valence-corrected chi connectivity index (χ0v) is 34.8. The number of benzene rings is 1. The second kappa shape index (κ2) is 17.0. The number of morpholine rings is 1. The van der Waals surface area contributed by atoms with Gasteiger partial charge in [0, 0.05) is 51.2 Å². The van der Waals surface area contributed by atoms with Crippen LogP contribution in [0.5, 0.6) is 0 Å². The van der Waals surface area contributed by atoms with Gasteiger partial charge in [-0.3, -0.25) is 29.1 Å². The van der Waals surface area contributed by atoms with Crippen LogP contribution in [0.1, 0.15) is 103 Å². The van der Waals surface area contributed by atoms with E-state index in [2.05, 4.69) is 47.7 Å². The largest absolute Gasteiger partial charge is 0.374 e. The van der Waals surface area contributed by atoms with Crippen molar-refractivity contribution >= 4 is 45.8 Å². The molecular formula is C44H48F3N11O5. The summed E-state index contributed by atoms with van der Waals surface area (Å²) in [6, 6.07) is 5.70. The highest BCUT2D eigenvalue weighted by atomic mass is 19.3. The molecule has 16 nitrogen and oxygen atoms in total. The van der Waals surface area contributed by atoms with Gasteiger partial charge in [0.25, 0.3) is 12.3 Å². The third-order valence-electron chi connectivity index (χ3n) is 13.4. The SMILES string of the molecule is Cn1nc(C2CCC(=O)NC2=O)c2cccc(C#CCOC3CCN(C[C@H]4CC[C@H](n5cc(NC(=O)c6cnn7cc(F)c(N8C[C@H]9C[C@@H]8CO9)nc67)c(C(F)F)n5)CC4)CC3)c21. The number of piperidine rings is 2. The number of imide groups is 1. The summed E-state index contributed by atoms with van der Waals surface area (Å²) in [6.07, 6.45) is 7.86. The first-order chi connectivity index (χ1) is 30.6. The number of nitrogens with zero attached hydrogens (tertiary/aromatic N) is 9. The van der Waals surface area contributed by atoms with Gasteiger partial charge < -0.3 is 24.6 Å². The molecule has 2 N–H and O–H groups in total. The number of alkyl halides is 2. The number of nitrogens with one attached hydrogen (secondary N) is 2. The highest BCUT2D eigenvalue weighted by molar-refractivity contribution is 6.08. The monoisotopic (exact) mass is 867 g/mol. The molecule has 19 heteroatoms. The molecule has 5 aromatic rings. The van der Waals surface area contributed by atoms with Crippen molar-refractivity contribution < 1.29 is 37.0 Å². The maximum atomic E-state index is 15.1. The van der Waals surface area contributed by atoms with E-state index < -0.39 is 29.8 Å². The van der Waals surface area contributed by atoms with E-state index in [-0.39, 0.29) is 65.2 Å². The fourth-order valence-electron chi connectivity index (χ4n) is 10.1. The minimum Gasteiger partial charge on any atom is -0.374 e. The number of halogens is 3. The summed E-state index contributed by atoms with van der Waals surface area (Å²) < 4.78 is 60.0. The van der Waals surface area contributed by atoms with Crippen LogP contribution in [0.15, 0.2) is 36.8 Å². The van der Waals surface area contributed by atoms with Crippen molar-refractivity contribution in [2.45, 2.75) is 94.4 Å². The molecule has 5 aliphatic rings. The van der Waals surface area contributed by atoms with E-state index in [0.717, 1.165) is 81.0 Å². The fourth-order valence-corrected chi connectivity index (χ4v) is 10.1. The topological polar surface area (TPSA) is 166 Å². The lowest BCUT2D eigenvalue weighted by Gasteiger charge is -2.36. The van der Waals surface area contributed by atoms with Crippen LogP contribution in [0, 0.1) is 23.6 Å². The molecule has 5 fully saturated rings. The molecule has 8 heterocycles. The van der Waals surface area contributed by atoms with Gasteiger partial charge in [-0.25, -0.2) is 22.7 Å². The molecule has 1 aromatic carbocycles. The van der Waals surface area contributed by atoms with Crippen molar-refractivity contribution in [1.82, 2.24) is 44.4 Å². The van der Waals surface area contributed by atoms with Gasteiger partial charge in [0.05, 0.1) is 71.7 Å².